The van der Waals surface area contributed by atoms with Crippen LogP contribution < -0.4 is 15.7 Å². The van der Waals surface area contributed by atoms with Crippen molar-refractivity contribution in [2.45, 2.75) is 5.16 Å². The lowest BCUT2D eigenvalue weighted by Crippen LogP contribution is -2.14. The third-order valence-corrected chi connectivity index (χ3v) is 4.94. The number of fused-ring (bicyclic) bond motifs is 1. The van der Waals surface area contributed by atoms with Gasteiger partial charge in [0.2, 0.25) is 5.91 Å². The molecule has 0 aliphatic carbocycles. The second-order valence-electron chi connectivity index (χ2n) is 5.86. The molecule has 2 aromatic heterocycles. The predicted octanol–water partition coefficient (Wildman–Crippen LogP) is 2.18. The van der Waals surface area contributed by atoms with E-state index in [-0.39, 0.29) is 17.3 Å². The van der Waals surface area contributed by atoms with Crippen LogP contribution in [0.2, 0.25) is 0 Å². The first-order valence-corrected chi connectivity index (χ1v) is 9.30. The van der Waals surface area contributed by atoms with E-state index < -0.39 is 0 Å². The zero-order valence-corrected chi connectivity index (χ0v) is 15.6. The van der Waals surface area contributed by atoms with E-state index in [4.69, 9.17) is 4.74 Å². The second kappa shape index (κ2) is 7.61. The Morgan fingerprint density at radius 2 is 1.96 bits per heavy atom. The van der Waals surface area contributed by atoms with E-state index >= 15 is 0 Å². The van der Waals surface area contributed by atoms with Crippen molar-refractivity contribution in [2.24, 2.45) is 0 Å². The molecule has 0 saturated heterocycles. The number of benzene rings is 2. The molecule has 142 valence electrons. The van der Waals surface area contributed by atoms with Crippen molar-refractivity contribution in [1.29, 1.82) is 0 Å². The minimum absolute atomic E-state index is 0.163. The van der Waals surface area contributed by atoms with Crippen LogP contribution >= 0.6 is 11.8 Å². The Morgan fingerprint density at radius 3 is 2.75 bits per heavy atom. The molecule has 0 aliphatic heterocycles. The third kappa shape index (κ3) is 3.76. The van der Waals surface area contributed by atoms with E-state index in [2.05, 4.69) is 25.5 Å². The first kappa shape index (κ1) is 17.9. The summed E-state index contributed by atoms with van der Waals surface area (Å²) in [6.07, 6.45) is 1.60. The third-order valence-electron chi connectivity index (χ3n) is 4.00. The molecule has 0 aliphatic rings. The Balaban J connectivity index is 1.42. The molecule has 1 amide bonds. The van der Waals surface area contributed by atoms with Gasteiger partial charge in [0.05, 0.1) is 23.9 Å². The average molecular weight is 396 g/mol. The quantitative estimate of drug-likeness (QED) is 0.430. The van der Waals surface area contributed by atoms with Gasteiger partial charge in [-0.3, -0.25) is 9.36 Å². The highest BCUT2D eigenvalue weighted by Gasteiger charge is 2.11. The van der Waals surface area contributed by atoms with Gasteiger partial charge in [0, 0.05) is 11.4 Å². The van der Waals surface area contributed by atoms with Crippen LogP contribution in [0.3, 0.4) is 0 Å². The van der Waals surface area contributed by atoms with E-state index in [1.165, 1.54) is 11.8 Å². The van der Waals surface area contributed by atoms with Crippen molar-refractivity contribution in [3.63, 3.8) is 0 Å². The summed E-state index contributed by atoms with van der Waals surface area (Å²) in [7, 11) is 1.61. The van der Waals surface area contributed by atoms with Crippen molar-refractivity contribution in [3.8, 4) is 11.4 Å². The minimum atomic E-state index is -0.285. The van der Waals surface area contributed by atoms with Gasteiger partial charge in [0.1, 0.15) is 12.1 Å². The summed E-state index contributed by atoms with van der Waals surface area (Å²) in [5.74, 6) is 0.731. The molecule has 4 rings (SSSR count). The highest BCUT2D eigenvalue weighted by molar-refractivity contribution is 7.99. The van der Waals surface area contributed by atoms with Gasteiger partial charge in [0.15, 0.2) is 5.16 Å². The minimum Gasteiger partial charge on any atom is -0.497 e. The zero-order chi connectivity index (χ0) is 19.5. The summed E-state index contributed by atoms with van der Waals surface area (Å²) >= 11 is 1.28. The van der Waals surface area contributed by atoms with Gasteiger partial charge in [-0.25, -0.2) is 4.79 Å². The molecule has 28 heavy (non-hydrogen) atoms. The van der Waals surface area contributed by atoms with Crippen molar-refractivity contribution in [3.05, 3.63) is 59.3 Å². The topological polar surface area (TPSA) is 118 Å². The molecule has 0 unspecified atom stereocenters. The lowest BCUT2D eigenvalue weighted by molar-refractivity contribution is -0.113. The van der Waals surface area contributed by atoms with E-state index in [0.717, 1.165) is 11.4 Å². The van der Waals surface area contributed by atoms with Crippen LogP contribution in [0.15, 0.2) is 58.7 Å². The largest absolute Gasteiger partial charge is 0.497 e. The molecular formula is C18H16N6O3S. The monoisotopic (exact) mass is 396 g/mol. The van der Waals surface area contributed by atoms with Crippen molar-refractivity contribution >= 4 is 34.4 Å². The molecule has 0 saturated carbocycles. The van der Waals surface area contributed by atoms with Crippen LogP contribution in [0.5, 0.6) is 5.75 Å². The molecule has 3 N–H and O–H groups in total. The number of nitrogens with one attached hydrogen (secondary N) is 3. The average Bonchev–Trinajstić information content (AvgIpc) is 3.31. The summed E-state index contributed by atoms with van der Waals surface area (Å²) in [6.45, 7) is 0. The Labute approximate surface area is 163 Å². The number of ether oxygens (including phenoxy) is 1. The molecule has 2 aromatic carbocycles. The summed E-state index contributed by atoms with van der Waals surface area (Å²) < 4.78 is 6.96. The molecule has 0 spiro atoms. The Morgan fingerprint density at radius 1 is 1.18 bits per heavy atom. The van der Waals surface area contributed by atoms with E-state index in [1.807, 2.05) is 24.3 Å². The molecule has 9 nitrogen and oxygen atoms in total. The fourth-order valence-electron chi connectivity index (χ4n) is 2.68. The predicted molar refractivity (Wildman–Crippen MR) is 106 cm³/mol. The number of hydrogen-bond donors (Lipinski definition) is 3. The fraction of sp³-hybridized carbons (Fsp3) is 0.111. The molecule has 0 fully saturated rings. The van der Waals surface area contributed by atoms with Gasteiger partial charge >= 0.3 is 5.69 Å². The number of imidazole rings is 1. The number of thioether (sulfide) groups is 1. The van der Waals surface area contributed by atoms with Crippen LogP contribution in [0.25, 0.3) is 16.7 Å². The van der Waals surface area contributed by atoms with E-state index in [1.54, 1.807) is 36.2 Å². The van der Waals surface area contributed by atoms with E-state index in [0.29, 0.717) is 21.9 Å². The van der Waals surface area contributed by atoms with Crippen molar-refractivity contribution < 1.29 is 9.53 Å². The molecule has 0 radical (unpaired) electrons. The standard InChI is InChI=1S/C18H16N6O3S/c1-27-13-5-3-12(4-6-13)24-10-19-23-18(24)28-9-16(25)20-11-2-7-14-15(8-11)22-17(26)21-14/h2-8,10H,9H2,1H3,(H,20,25)(H2,21,22,26). The van der Waals surface area contributed by atoms with Crippen LogP contribution in [0.4, 0.5) is 5.69 Å². The summed E-state index contributed by atoms with van der Waals surface area (Å²) in [5, 5.41) is 11.4. The Hall–Kier alpha value is -3.53. The van der Waals surface area contributed by atoms with Gasteiger partial charge in [-0.15, -0.1) is 10.2 Å². The van der Waals surface area contributed by atoms with Gasteiger partial charge in [-0.2, -0.15) is 0 Å². The number of amides is 1. The first-order valence-electron chi connectivity index (χ1n) is 8.31. The number of rotatable bonds is 6. The number of carbonyl (C=O) groups is 1. The number of methoxy groups -OCH3 is 1. The number of nitrogens with zero attached hydrogens (tertiary/aromatic N) is 3. The number of aromatic amines is 2. The van der Waals surface area contributed by atoms with Crippen LogP contribution in [-0.4, -0.2) is 43.5 Å². The molecule has 0 atom stereocenters. The molecule has 0 bridgehead atoms. The van der Waals surface area contributed by atoms with Crippen molar-refractivity contribution in [2.75, 3.05) is 18.2 Å². The Kier molecular flexibility index (Phi) is 4.85. The maximum absolute atomic E-state index is 12.3. The van der Waals surface area contributed by atoms with Crippen molar-refractivity contribution in [1.82, 2.24) is 24.7 Å². The molecule has 2 heterocycles. The summed E-state index contributed by atoms with van der Waals surface area (Å²) in [4.78, 5) is 28.9. The van der Waals surface area contributed by atoms with Gasteiger partial charge in [0.25, 0.3) is 0 Å². The summed E-state index contributed by atoms with van der Waals surface area (Å²) in [6, 6.07) is 12.6. The van der Waals surface area contributed by atoms with Gasteiger partial charge in [-0.05, 0) is 42.5 Å². The second-order valence-corrected chi connectivity index (χ2v) is 6.80. The lowest BCUT2D eigenvalue weighted by atomic mass is 10.3. The highest BCUT2D eigenvalue weighted by atomic mass is 32.2. The number of carbonyl (C=O) groups excluding carboxylic acids is 1. The summed E-state index contributed by atoms with van der Waals surface area (Å²) in [5.41, 5.74) is 2.51. The van der Waals surface area contributed by atoms with Crippen LogP contribution in [-0.2, 0) is 4.79 Å². The maximum Gasteiger partial charge on any atom is 0.323 e. The fourth-order valence-corrected chi connectivity index (χ4v) is 3.41. The number of aromatic nitrogens is 5. The first-order chi connectivity index (χ1) is 13.6. The number of hydrogen-bond acceptors (Lipinski definition) is 6. The smallest absolute Gasteiger partial charge is 0.323 e. The van der Waals surface area contributed by atoms with E-state index in [9.17, 15) is 9.59 Å². The zero-order valence-electron chi connectivity index (χ0n) is 14.8. The van der Waals surface area contributed by atoms with Gasteiger partial charge in [-0.1, -0.05) is 11.8 Å². The molecule has 10 heteroatoms. The Bertz CT molecular complexity index is 1180. The van der Waals surface area contributed by atoms with Crippen LogP contribution in [0, 0.1) is 0 Å². The normalized spacial score (nSPS) is 10.9. The molecule has 4 aromatic rings. The molecular weight excluding hydrogens is 380 g/mol. The lowest BCUT2D eigenvalue weighted by Gasteiger charge is -2.08. The van der Waals surface area contributed by atoms with Gasteiger partial charge < -0.3 is 20.0 Å². The number of anilines is 1. The highest BCUT2D eigenvalue weighted by Crippen LogP contribution is 2.22. The van der Waals surface area contributed by atoms with Crippen LogP contribution in [0.1, 0.15) is 0 Å². The SMILES string of the molecule is COc1ccc(-n2cnnc2SCC(=O)Nc2ccc3[nH]c(=O)[nH]c3c2)cc1. The number of H-pyrrole nitrogens is 2. The maximum atomic E-state index is 12.3.